The molecule has 0 aliphatic rings. The topological polar surface area (TPSA) is 34.1 Å². The third-order valence-corrected chi connectivity index (χ3v) is 1.65. The Morgan fingerprint density at radius 2 is 1.91 bits per heavy atom. The minimum Gasteiger partial charge on any atom is -0.303 e. The monoisotopic (exact) mass is 155 g/mol. The van der Waals surface area contributed by atoms with E-state index >= 15 is 0 Å². The van der Waals surface area contributed by atoms with E-state index in [1.165, 1.54) is 0 Å². The lowest BCUT2D eigenvalue weighted by atomic mass is 9.91. The fourth-order valence-electron chi connectivity index (χ4n) is 0.963. The van der Waals surface area contributed by atoms with E-state index in [1.54, 1.807) is 0 Å². The number of hydrogen-bond donors (Lipinski definition) is 0. The van der Waals surface area contributed by atoms with Crippen molar-refractivity contribution in [2.75, 3.05) is 0 Å². The van der Waals surface area contributed by atoms with Crippen LogP contribution in [0.2, 0.25) is 6.32 Å². The predicted molar refractivity (Wildman–Crippen MR) is 47.4 cm³/mol. The second-order valence-electron chi connectivity index (χ2n) is 2.60. The lowest BCUT2D eigenvalue weighted by Crippen LogP contribution is -2.01. The smallest absolute Gasteiger partial charge is 0.120 e. The Labute approximate surface area is 70.2 Å². The summed E-state index contributed by atoms with van der Waals surface area (Å²) < 4.78 is 7.48. The van der Waals surface area contributed by atoms with Gasteiger partial charge in [0.2, 0.25) is 0 Å². The first-order chi connectivity index (χ1) is 5.74. The van der Waals surface area contributed by atoms with Gasteiger partial charge in [0.15, 0.2) is 0 Å². The highest BCUT2D eigenvalue weighted by Crippen LogP contribution is 2.13. The highest BCUT2D eigenvalue weighted by Gasteiger charge is 2.05. The second-order valence-corrected chi connectivity index (χ2v) is 2.60. The van der Waals surface area contributed by atoms with Gasteiger partial charge in [-0.2, -0.15) is 0 Å². The molecule has 1 unspecified atom stereocenters. The molecule has 0 aliphatic carbocycles. The maximum Gasteiger partial charge on any atom is 0.120 e. The van der Waals surface area contributed by atoms with Crippen molar-refractivity contribution in [2.24, 2.45) is 5.92 Å². The quantitative estimate of drug-likeness (QED) is 0.398. The molecule has 1 atom stereocenters. The number of carbonyl (C=O) groups is 2. The molecule has 0 aliphatic heterocycles. The molecule has 0 heterocycles. The fraction of sp³-hybridized carbons (Fsp3) is 0.750. The number of aldehydes is 2. The van der Waals surface area contributed by atoms with Crippen molar-refractivity contribution in [2.45, 2.75) is 32.0 Å². The van der Waals surface area contributed by atoms with Crippen LogP contribution < -0.4 is 0 Å². The number of carbonyl (C=O) groups excluding carboxylic acids is 2. The third kappa shape index (κ3) is 5.83. The van der Waals surface area contributed by atoms with Gasteiger partial charge >= 0.3 is 0 Å². The van der Waals surface area contributed by atoms with Gasteiger partial charge in [-0.3, -0.25) is 0 Å². The van der Waals surface area contributed by atoms with Gasteiger partial charge in [0, 0.05) is 14.2 Å². The van der Waals surface area contributed by atoms with Crippen LogP contribution in [0, 0.1) is 5.92 Å². The van der Waals surface area contributed by atoms with Crippen molar-refractivity contribution in [3.8, 4) is 0 Å². The Morgan fingerprint density at radius 3 is 2.27 bits per heavy atom. The van der Waals surface area contributed by atoms with Gasteiger partial charge in [0.05, 0.1) is 0 Å². The molecule has 0 fully saturated rings. The summed E-state index contributed by atoms with van der Waals surface area (Å²) in [6.07, 6.45) is 3.80. The van der Waals surface area contributed by atoms with E-state index in [4.69, 9.17) is 1.37 Å². The van der Waals surface area contributed by atoms with Gasteiger partial charge < -0.3 is 9.59 Å². The predicted octanol–water partition coefficient (Wildman–Crippen LogP) is 0.612. The molecule has 0 N–H and O–H groups in total. The van der Waals surface area contributed by atoms with E-state index in [0.717, 1.165) is 18.9 Å². The van der Waals surface area contributed by atoms with Crippen LogP contribution in [0.15, 0.2) is 0 Å². The molecule has 0 spiro atoms. The summed E-state index contributed by atoms with van der Waals surface area (Å²) in [6.45, 7) is 0. The maximum absolute atomic E-state index is 10.2. The molecule has 0 aromatic rings. The fourth-order valence-corrected chi connectivity index (χ4v) is 0.963. The molecule has 0 rings (SSSR count). The van der Waals surface area contributed by atoms with Crippen molar-refractivity contribution in [3.05, 3.63) is 0 Å². The molecule has 0 aromatic carbocycles. The Morgan fingerprint density at radius 1 is 1.36 bits per heavy atom. The highest BCUT2D eigenvalue weighted by atomic mass is 16.1. The SMILES string of the molecule is [2H]C(CB)CC(CC=O)CC=O. The average molecular weight is 155 g/mol. The summed E-state index contributed by atoms with van der Waals surface area (Å²) in [7, 11) is 1.94. The molecule has 11 heavy (non-hydrogen) atoms. The van der Waals surface area contributed by atoms with Crippen LogP contribution in [0.25, 0.3) is 0 Å². The molecule has 3 heteroatoms. The van der Waals surface area contributed by atoms with E-state index in [2.05, 4.69) is 0 Å². The summed E-state index contributed by atoms with van der Waals surface area (Å²) in [5, 5.41) is 0. The summed E-state index contributed by atoms with van der Waals surface area (Å²) in [5.74, 6) is 0.0856. The van der Waals surface area contributed by atoms with Gasteiger partial charge in [0.1, 0.15) is 20.4 Å². The molecule has 0 saturated heterocycles. The Kier molecular flexibility index (Phi) is 5.80. The zero-order valence-corrected chi connectivity index (χ0v) is 6.95. The second kappa shape index (κ2) is 7.51. The molecule has 0 bridgehead atoms. The van der Waals surface area contributed by atoms with E-state index in [0.29, 0.717) is 19.3 Å². The van der Waals surface area contributed by atoms with Crippen molar-refractivity contribution >= 4 is 20.4 Å². The number of hydrogen-bond acceptors (Lipinski definition) is 2. The van der Waals surface area contributed by atoms with Crippen LogP contribution in [0.3, 0.4) is 0 Å². The summed E-state index contributed by atoms with van der Waals surface area (Å²) in [5.41, 5.74) is 0. The average Bonchev–Trinajstić information content (AvgIpc) is 2.05. The van der Waals surface area contributed by atoms with E-state index in [9.17, 15) is 9.59 Å². The van der Waals surface area contributed by atoms with Gasteiger partial charge in [-0.15, -0.1) is 0 Å². The van der Waals surface area contributed by atoms with Crippen LogP contribution in [0.5, 0.6) is 0 Å². The van der Waals surface area contributed by atoms with Gasteiger partial charge in [0.25, 0.3) is 0 Å². The largest absolute Gasteiger partial charge is 0.303 e. The zero-order valence-electron chi connectivity index (χ0n) is 7.95. The van der Waals surface area contributed by atoms with E-state index in [1.807, 2.05) is 7.85 Å². The molecule has 2 nitrogen and oxygen atoms in total. The first-order valence-electron chi connectivity index (χ1n) is 4.61. The van der Waals surface area contributed by atoms with Crippen LogP contribution in [0.4, 0.5) is 0 Å². The zero-order chi connectivity index (χ0) is 9.40. The standard InChI is InChI=1S/C8H15BO2/c9-5-1-2-8(3-6-10)4-7-11/h6-8H,1-5,9H2/i1D. The molecular formula is C8H15BO2. The minimum atomic E-state index is -0.130. The maximum atomic E-state index is 10.2. The highest BCUT2D eigenvalue weighted by molar-refractivity contribution is 6.08. The van der Waals surface area contributed by atoms with Crippen molar-refractivity contribution in [1.29, 1.82) is 0 Å². The first kappa shape index (κ1) is 8.50. The molecule has 0 radical (unpaired) electrons. The van der Waals surface area contributed by atoms with Crippen LogP contribution in [0.1, 0.15) is 27.0 Å². The van der Waals surface area contributed by atoms with Crippen molar-refractivity contribution in [1.82, 2.24) is 0 Å². The van der Waals surface area contributed by atoms with Crippen molar-refractivity contribution < 1.29 is 11.0 Å². The van der Waals surface area contributed by atoms with Gasteiger partial charge in [-0.1, -0.05) is 19.1 Å². The summed E-state index contributed by atoms with van der Waals surface area (Å²) >= 11 is 0. The third-order valence-electron chi connectivity index (χ3n) is 1.65. The molecule has 0 aromatic heterocycles. The summed E-state index contributed by atoms with van der Waals surface area (Å²) in [4.78, 5) is 20.4. The molecule has 0 amide bonds. The Bertz CT molecular complexity index is 131. The van der Waals surface area contributed by atoms with Gasteiger partial charge in [-0.05, 0) is 5.92 Å². The molecule has 0 saturated carbocycles. The number of rotatable bonds is 7. The molecular weight excluding hydrogens is 139 g/mol. The van der Waals surface area contributed by atoms with Crippen molar-refractivity contribution in [3.63, 3.8) is 0 Å². The molecule has 62 valence electrons. The van der Waals surface area contributed by atoms with Gasteiger partial charge in [-0.25, -0.2) is 0 Å². The van der Waals surface area contributed by atoms with E-state index < -0.39 is 0 Å². The lowest BCUT2D eigenvalue weighted by Gasteiger charge is -2.08. The first-order valence-corrected chi connectivity index (χ1v) is 4.04. The Balaban J connectivity index is 3.75. The minimum absolute atomic E-state index is 0.0856. The van der Waals surface area contributed by atoms with Crippen LogP contribution in [-0.2, 0) is 9.59 Å². The van der Waals surface area contributed by atoms with E-state index in [-0.39, 0.29) is 12.3 Å². The Hall–Kier alpha value is -0.595. The van der Waals surface area contributed by atoms with Crippen LogP contribution >= 0.6 is 0 Å². The lowest BCUT2D eigenvalue weighted by molar-refractivity contribution is -0.110. The van der Waals surface area contributed by atoms with Crippen LogP contribution in [-0.4, -0.2) is 20.4 Å². The summed E-state index contributed by atoms with van der Waals surface area (Å²) in [6, 6.07) is 0. The normalized spacial score (nSPS) is 14.1.